The summed E-state index contributed by atoms with van der Waals surface area (Å²) in [4.78, 5) is 6.19. The second-order valence-corrected chi connectivity index (χ2v) is 6.85. The summed E-state index contributed by atoms with van der Waals surface area (Å²) in [5, 5.41) is 0. The summed E-state index contributed by atoms with van der Waals surface area (Å²) in [6.45, 7) is 5.12. The molecule has 1 aliphatic rings. The average molecular weight is 293 g/mol. The molecule has 1 fully saturated rings. The van der Waals surface area contributed by atoms with Crippen LogP contribution in [0, 0.1) is 0 Å². The van der Waals surface area contributed by atoms with Crippen molar-refractivity contribution in [2.75, 3.05) is 37.8 Å². The van der Waals surface area contributed by atoms with Crippen molar-refractivity contribution in [3.8, 4) is 0 Å². The van der Waals surface area contributed by atoms with Gasteiger partial charge in [0, 0.05) is 42.3 Å². The maximum absolute atomic E-state index is 6.00. The first-order valence-corrected chi connectivity index (χ1v) is 8.52. The third-order valence-corrected chi connectivity index (χ3v) is 5.16. The van der Waals surface area contributed by atoms with Crippen LogP contribution in [0.1, 0.15) is 25.3 Å². The second kappa shape index (κ2) is 7.34. The maximum Gasteiger partial charge on any atom is 0.0421 e. The van der Waals surface area contributed by atoms with Gasteiger partial charge >= 0.3 is 0 Å². The van der Waals surface area contributed by atoms with Gasteiger partial charge in [-0.1, -0.05) is 13.0 Å². The molecule has 2 rings (SSSR count). The van der Waals surface area contributed by atoms with Crippen molar-refractivity contribution in [1.29, 1.82) is 0 Å². The van der Waals surface area contributed by atoms with E-state index < -0.39 is 0 Å². The molecule has 3 nitrogen and oxygen atoms in total. The quantitative estimate of drug-likeness (QED) is 0.818. The van der Waals surface area contributed by atoms with E-state index in [4.69, 9.17) is 5.73 Å². The molecule has 1 aliphatic heterocycles. The monoisotopic (exact) mass is 293 g/mol. The highest BCUT2D eigenvalue weighted by molar-refractivity contribution is 7.99. The van der Waals surface area contributed by atoms with Crippen molar-refractivity contribution in [2.45, 2.75) is 37.2 Å². The summed E-state index contributed by atoms with van der Waals surface area (Å²) in [7, 11) is 4.43. The Balaban J connectivity index is 2.16. The summed E-state index contributed by atoms with van der Waals surface area (Å²) < 4.78 is 0. The van der Waals surface area contributed by atoms with Crippen molar-refractivity contribution >= 4 is 17.4 Å². The lowest BCUT2D eigenvalue weighted by Crippen LogP contribution is -2.37. The first-order chi connectivity index (χ1) is 9.67. The number of hydrogen-bond donors (Lipinski definition) is 1. The van der Waals surface area contributed by atoms with Gasteiger partial charge in [0.25, 0.3) is 0 Å². The molecule has 0 saturated carbocycles. The fourth-order valence-electron chi connectivity index (χ4n) is 3.03. The summed E-state index contributed by atoms with van der Waals surface area (Å²) in [5.41, 5.74) is 8.60. The van der Waals surface area contributed by atoms with Gasteiger partial charge in [0.05, 0.1) is 0 Å². The molecule has 0 spiro atoms. The first kappa shape index (κ1) is 15.7. The minimum Gasteiger partial charge on any atom is -0.373 e. The van der Waals surface area contributed by atoms with Crippen molar-refractivity contribution in [3.05, 3.63) is 23.8 Å². The predicted octanol–water partition coefficient (Wildman–Crippen LogP) is 2.79. The van der Waals surface area contributed by atoms with E-state index in [0.29, 0.717) is 12.6 Å². The number of nitrogens with zero attached hydrogens (tertiary/aromatic N) is 2. The lowest BCUT2D eigenvalue weighted by molar-refractivity contribution is 0.314. The van der Waals surface area contributed by atoms with Crippen LogP contribution in [0.15, 0.2) is 23.1 Å². The smallest absolute Gasteiger partial charge is 0.0421 e. The maximum atomic E-state index is 6.00. The van der Waals surface area contributed by atoms with Gasteiger partial charge in [-0.15, -0.1) is 11.8 Å². The van der Waals surface area contributed by atoms with Gasteiger partial charge in [-0.2, -0.15) is 0 Å². The third kappa shape index (κ3) is 3.48. The predicted molar refractivity (Wildman–Crippen MR) is 89.7 cm³/mol. The van der Waals surface area contributed by atoms with Gasteiger partial charge < -0.3 is 15.5 Å². The van der Waals surface area contributed by atoms with Crippen molar-refractivity contribution in [2.24, 2.45) is 5.73 Å². The largest absolute Gasteiger partial charge is 0.373 e. The highest BCUT2D eigenvalue weighted by Crippen LogP contribution is 2.30. The lowest BCUT2D eigenvalue weighted by Gasteiger charge is -2.29. The molecule has 4 heteroatoms. The number of rotatable bonds is 6. The Morgan fingerprint density at radius 3 is 2.85 bits per heavy atom. The number of likely N-dealkylation sites (tertiary alicyclic amines) is 1. The Kier molecular flexibility index (Phi) is 5.75. The Morgan fingerprint density at radius 2 is 2.25 bits per heavy atom. The molecule has 1 atom stereocenters. The molecule has 1 heterocycles. The van der Waals surface area contributed by atoms with E-state index in [9.17, 15) is 0 Å². The first-order valence-electron chi connectivity index (χ1n) is 7.53. The molecule has 1 unspecified atom stereocenters. The zero-order chi connectivity index (χ0) is 14.5. The fraction of sp³-hybridized carbons (Fsp3) is 0.625. The lowest BCUT2D eigenvalue weighted by atomic mass is 10.1. The summed E-state index contributed by atoms with van der Waals surface area (Å²) in [5.74, 6) is 1.09. The van der Waals surface area contributed by atoms with Gasteiger partial charge in [0.2, 0.25) is 0 Å². The molecular weight excluding hydrogens is 266 g/mol. The van der Waals surface area contributed by atoms with E-state index in [-0.39, 0.29) is 0 Å². The van der Waals surface area contributed by atoms with Crippen molar-refractivity contribution < 1.29 is 0 Å². The van der Waals surface area contributed by atoms with Gasteiger partial charge in [-0.25, -0.2) is 0 Å². The van der Waals surface area contributed by atoms with E-state index in [0.717, 1.165) is 12.3 Å². The van der Waals surface area contributed by atoms with E-state index in [1.165, 1.54) is 35.5 Å². The van der Waals surface area contributed by atoms with Gasteiger partial charge in [0.15, 0.2) is 0 Å². The number of hydrogen-bond acceptors (Lipinski definition) is 4. The van der Waals surface area contributed by atoms with Crippen LogP contribution in [0.3, 0.4) is 0 Å². The molecule has 0 bridgehead atoms. The van der Waals surface area contributed by atoms with Gasteiger partial charge in [-0.3, -0.25) is 0 Å². The van der Waals surface area contributed by atoms with E-state index >= 15 is 0 Å². The fourth-order valence-corrected chi connectivity index (χ4v) is 3.88. The minimum absolute atomic E-state index is 0.614. The number of benzene rings is 1. The number of anilines is 1. The highest BCUT2D eigenvalue weighted by atomic mass is 32.2. The van der Waals surface area contributed by atoms with Gasteiger partial charge in [-0.05, 0) is 44.3 Å². The molecule has 1 aromatic rings. The average Bonchev–Trinajstić information content (AvgIpc) is 2.84. The van der Waals surface area contributed by atoms with Crippen LogP contribution in [0.5, 0.6) is 0 Å². The Bertz CT molecular complexity index is 436. The molecule has 112 valence electrons. The van der Waals surface area contributed by atoms with Crippen molar-refractivity contribution in [1.82, 2.24) is 4.90 Å². The molecular formula is C16H27N3S. The van der Waals surface area contributed by atoms with Crippen molar-refractivity contribution in [3.63, 3.8) is 0 Å². The Hall–Kier alpha value is -0.710. The highest BCUT2D eigenvalue weighted by Gasteiger charge is 2.23. The Labute approximate surface area is 127 Å². The SMILES string of the molecule is CCSc1cccc(N(C)CC2CCCN2C)c1CN. The van der Waals surface area contributed by atoms with Crippen LogP contribution < -0.4 is 10.6 Å². The molecule has 1 aromatic carbocycles. The summed E-state index contributed by atoms with van der Waals surface area (Å²) in [6, 6.07) is 7.22. The molecule has 2 N–H and O–H groups in total. The molecule has 20 heavy (non-hydrogen) atoms. The molecule has 1 saturated heterocycles. The van der Waals surface area contributed by atoms with E-state index in [1.54, 1.807) is 0 Å². The molecule has 0 radical (unpaired) electrons. The summed E-state index contributed by atoms with van der Waals surface area (Å²) >= 11 is 1.88. The van der Waals surface area contributed by atoms with E-state index in [1.807, 2.05) is 11.8 Å². The number of likely N-dealkylation sites (N-methyl/N-ethyl adjacent to an activating group) is 2. The topological polar surface area (TPSA) is 32.5 Å². The standard InChI is InChI=1S/C16H27N3S/c1-4-20-16-9-5-8-15(14(16)11-17)19(3)12-13-7-6-10-18(13)2/h5,8-9,13H,4,6-7,10-12,17H2,1-3H3. The third-order valence-electron chi connectivity index (χ3n) is 4.18. The second-order valence-electron chi connectivity index (χ2n) is 5.55. The normalized spacial score (nSPS) is 19.5. The van der Waals surface area contributed by atoms with E-state index in [2.05, 4.69) is 49.0 Å². The zero-order valence-corrected chi connectivity index (χ0v) is 13.7. The molecule has 0 aliphatic carbocycles. The molecule has 0 amide bonds. The van der Waals surface area contributed by atoms with Crippen LogP contribution in [-0.4, -0.2) is 43.9 Å². The van der Waals surface area contributed by atoms with Crippen LogP contribution in [0.2, 0.25) is 0 Å². The van der Waals surface area contributed by atoms with Crippen LogP contribution in [0.4, 0.5) is 5.69 Å². The zero-order valence-electron chi connectivity index (χ0n) is 12.9. The number of nitrogens with two attached hydrogens (primary N) is 1. The van der Waals surface area contributed by atoms with Crippen LogP contribution in [-0.2, 0) is 6.54 Å². The van der Waals surface area contributed by atoms with Crippen LogP contribution >= 0.6 is 11.8 Å². The van der Waals surface area contributed by atoms with Gasteiger partial charge in [0.1, 0.15) is 0 Å². The number of thioether (sulfide) groups is 1. The summed E-state index contributed by atoms with van der Waals surface area (Å²) in [6.07, 6.45) is 2.63. The Morgan fingerprint density at radius 1 is 1.45 bits per heavy atom. The van der Waals surface area contributed by atoms with Crippen LogP contribution in [0.25, 0.3) is 0 Å². The minimum atomic E-state index is 0.614. The molecule has 0 aromatic heterocycles.